The molecular formula is C13H18N2O2S. The summed E-state index contributed by atoms with van der Waals surface area (Å²) in [5.41, 5.74) is 5.29. The van der Waals surface area contributed by atoms with Gasteiger partial charge >= 0.3 is 0 Å². The van der Waals surface area contributed by atoms with Crippen molar-refractivity contribution in [3.8, 4) is 11.8 Å². The minimum atomic E-state index is -0.0904. The highest BCUT2D eigenvalue weighted by Gasteiger charge is 2.09. The summed E-state index contributed by atoms with van der Waals surface area (Å²) >= 11 is 1.36. The number of carbonyl (C=O) groups excluding carboxylic acids is 1. The van der Waals surface area contributed by atoms with Crippen molar-refractivity contribution in [1.29, 1.82) is 0 Å². The molecule has 0 spiro atoms. The van der Waals surface area contributed by atoms with Crippen molar-refractivity contribution in [2.75, 3.05) is 19.7 Å². The Morgan fingerprint density at radius 3 is 3.06 bits per heavy atom. The van der Waals surface area contributed by atoms with Crippen molar-refractivity contribution >= 4 is 17.2 Å². The molecule has 0 aliphatic heterocycles. The van der Waals surface area contributed by atoms with E-state index in [2.05, 4.69) is 17.2 Å². The summed E-state index contributed by atoms with van der Waals surface area (Å²) in [6.07, 6.45) is 0.0235. The van der Waals surface area contributed by atoms with Crippen LogP contribution in [-0.4, -0.2) is 31.7 Å². The molecule has 1 aromatic heterocycles. The van der Waals surface area contributed by atoms with Crippen LogP contribution in [0.3, 0.4) is 0 Å². The molecule has 4 nitrogen and oxygen atoms in total. The smallest absolute Gasteiger partial charge is 0.261 e. The van der Waals surface area contributed by atoms with Crippen LogP contribution in [0, 0.1) is 11.8 Å². The van der Waals surface area contributed by atoms with E-state index in [0.29, 0.717) is 24.6 Å². The van der Waals surface area contributed by atoms with E-state index in [1.54, 1.807) is 6.07 Å². The summed E-state index contributed by atoms with van der Waals surface area (Å²) < 4.78 is 5.34. The summed E-state index contributed by atoms with van der Waals surface area (Å²) in [4.78, 5) is 13.3. The Bertz CT molecular complexity index is 445. The maximum Gasteiger partial charge on any atom is 0.261 e. The van der Waals surface area contributed by atoms with E-state index in [-0.39, 0.29) is 12.0 Å². The highest BCUT2D eigenvalue weighted by Crippen LogP contribution is 2.15. The minimum absolute atomic E-state index is 0.0235. The Morgan fingerprint density at radius 1 is 1.61 bits per heavy atom. The van der Waals surface area contributed by atoms with Gasteiger partial charge in [-0.2, -0.15) is 0 Å². The predicted molar refractivity (Wildman–Crippen MR) is 73.7 cm³/mol. The molecule has 1 rings (SSSR count). The standard InChI is InChI=1S/C13H18N2O2S/c1-3-17-10(2)9-15-13(16)12-7-6-11(18-12)5-4-8-14/h6-7,10H,3,8-9,14H2,1-2H3,(H,15,16). The van der Waals surface area contributed by atoms with Gasteiger partial charge in [0.1, 0.15) is 0 Å². The van der Waals surface area contributed by atoms with E-state index in [9.17, 15) is 4.79 Å². The number of carbonyl (C=O) groups is 1. The summed E-state index contributed by atoms with van der Waals surface area (Å²) in [5, 5.41) is 2.83. The monoisotopic (exact) mass is 266 g/mol. The van der Waals surface area contributed by atoms with Crippen LogP contribution in [0.2, 0.25) is 0 Å². The fourth-order valence-corrected chi connectivity index (χ4v) is 2.13. The molecule has 0 saturated carbocycles. The molecule has 0 fully saturated rings. The number of hydrogen-bond acceptors (Lipinski definition) is 4. The highest BCUT2D eigenvalue weighted by molar-refractivity contribution is 7.14. The SMILES string of the molecule is CCOC(C)CNC(=O)c1ccc(C#CCN)s1. The molecule has 1 aromatic rings. The van der Waals surface area contributed by atoms with Gasteiger partial charge in [-0.1, -0.05) is 11.8 Å². The molecule has 1 unspecified atom stereocenters. The van der Waals surface area contributed by atoms with Crippen molar-refractivity contribution in [3.63, 3.8) is 0 Å². The van der Waals surface area contributed by atoms with Gasteiger partial charge in [-0.25, -0.2) is 0 Å². The van der Waals surface area contributed by atoms with E-state index >= 15 is 0 Å². The van der Waals surface area contributed by atoms with E-state index in [1.165, 1.54) is 11.3 Å². The second-order valence-corrected chi connectivity index (χ2v) is 4.73. The highest BCUT2D eigenvalue weighted by atomic mass is 32.1. The van der Waals surface area contributed by atoms with Crippen molar-refractivity contribution in [2.45, 2.75) is 20.0 Å². The zero-order valence-corrected chi connectivity index (χ0v) is 11.5. The zero-order chi connectivity index (χ0) is 13.4. The van der Waals surface area contributed by atoms with Gasteiger partial charge in [-0.3, -0.25) is 4.79 Å². The molecule has 98 valence electrons. The Hall–Kier alpha value is -1.35. The van der Waals surface area contributed by atoms with Crippen LogP contribution in [0.4, 0.5) is 0 Å². The molecule has 0 aromatic carbocycles. The van der Waals surface area contributed by atoms with Gasteiger partial charge in [-0.15, -0.1) is 11.3 Å². The summed E-state index contributed by atoms with van der Waals surface area (Å²) in [6.45, 7) is 5.34. The van der Waals surface area contributed by atoms with Gasteiger partial charge < -0.3 is 15.8 Å². The number of ether oxygens (including phenoxy) is 1. The molecule has 0 saturated heterocycles. The number of rotatable bonds is 5. The van der Waals surface area contributed by atoms with Crippen molar-refractivity contribution in [1.82, 2.24) is 5.32 Å². The third kappa shape index (κ3) is 4.88. The Morgan fingerprint density at radius 2 is 2.39 bits per heavy atom. The Kier molecular flexibility index (Phi) is 6.44. The van der Waals surface area contributed by atoms with Gasteiger partial charge in [0.25, 0.3) is 5.91 Å². The first kappa shape index (κ1) is 14.7. The summed E-state index contributed by atoms with van der Waals surface area (Å²) in [6, 6.07) is 3.60. The average Bonchev–Trinajstić information content (AvgIpc) is 2.82. The number of thiophene rings is 1. The molecule has 1 atom stereocenters. The van der Waals surface area contributed by atoms with Gasteiger partial charge in [0.05, 0.1) is 22.4 Å². The number of hydrogen-bond donors (Lipinski definition) is 2. The Labute approximate surface area is 112 Å². The van der Waals surface area contributed by atoms with Crippen LogP contribution in [0.15, 0.2) is 12.1 Å². The van der Waals surface area contributed by atoms with Crippen molar-refractivity contribution in [3.05, 3.63) is 21.9 Å². The Balaban J connectivity index is 2.49. The average molecular weight is 266 g/mol. The second-order valence-electron chi connectivity index (χ2n) is 3.65. The predicted octanol–water partition coefficient (Wildman–Crippen LogP) is 1.21. The van der Waals surface area contributed by atoms with E-state index in [1.807, 2.05) is 19.9 Å². The molecule has 5 heteroatoms. The topological polar surface area (TPSA) is 64.3 Å². The molecule has 0 aliphatic carbocycles. The molecule has 1 amide bonds. The third-order valence-electron chi connectivity index (χ3n) is 2.14. The first-order valence-corrected chi connectivity index (χ1v) is 6.67. The van der Waals surface area contributed by atoms with Gasteiger partial charge in [-0.05, 0) is 26.0 Å². The fourth-order valence-electron chi connectivity index (χ4n) is 1.33. The lowest BCUT2D eigenvalue weighted by Crippen LogP contribution is -2.31. The van der Waals surface area contributed by atoms with Gasteiger partial charge in [0, 0.05) is 13.2 Å². The normalized spacial score (nSPS) is 11.5. The van der Waals surface area contributed by atoms with Gasteiger partial charge in [0.2, 0.25) is 0 Å². The fraction of sp³-hybridized carbons (Fsp3) is 0.462. The number of nitrogens with one attached hydrogen (secondary N) is 1. The maximum atomic E-state index is 11.8. The van der Waals surface area contributed by atoms with Gasteiger partial charge in [0.15, 0.2) is 0 Å². The summed E-state index contributed by atoms with van der Waals surface area (Å²) in [5.74, 6) is 5.57. The zero-order valence-electron chi connectivity index (χ0n) is 10.7. The third-order valence-corrected chi connectivity index (χ3v) is 3.14. The minimum Gasteiger partial charge on any atom is -0.377 e. The van der Waals surface area contributed by atoms with Crippen LogP contribution in [0.5, 0.6) is 0 Å². The molecule has 1 heterocycles. The van der Waals surface area contributed by atoms with Crippen molar-refractivity contribution in [2.24, 2.45) is 5.73 Å². The lowest BCUT2D eigenvalue weighted by atomic mass is 10.3. The summed E-state index contributed by atoms with van der Waals surface area (Å²) in [7, 11) is 0. The molecular weight excluding hydrogens is 248 g/mol. The van der Waals surface area contributed by atoms with Crippen LogP contribution >= 0.6 is 11.3 Å². The second kappa shape index (κ2) is 7.88. The van der Waals surface area contributed by atoms with Crippen LogP contribution in [0.1, 0.15) is 28.4 Å². The van der Waals surface area contributed by atoms with E-state index in [0.717, 1.165) is 4.88 Å². The largest absolute Gasteiger partial charge is 0.377 e. The molecule has 3 N–H and O–H groups in total. The lowest BCUT2D eigenvalue weighted by molar-refractivity contribution is 0.0696. The van der Waals surface area contributed by atoms with Crippen LogP contribution < -0.4 is 11.1 Å². The molecule has 0 radical (unpaired) electrons. The first-order valence-electron chi connectivity index (χ1n) is 5.86. The lowest BCUT2D eigenvalue weighted by Gasteiger charge is -2.11. The maximum absolute atomic E-state index is 11.8. The number of nitrogens with two attached hydrogens (primary N) is 1. The molecule has 18 heavy (non-hydrogen) atoms. The number of amides is 1. The molecule has 0 bridgehead atoms. The first-order chi connectivity index (χ1) is 8.67. The van der Waals surface area contributed by atoms with E-state index in [4.69, 9.17) is 10.5 Å². The van der Waals surface area contributed by atoms with Crippen molar-refractivity contribution < 1.29 is 9.53 Å². The molecule has 0 aliphatic rings. The quantitative estimate of drug-likeness (QED) is 0.787. The van der Waals surface area contributed by atoms with Crippen LogP contribution in [-0.2, 0) is 4.74 Å². The van der Waals surface area contributed by atoms with E-state index < -0.39 is 0 Å². The van der Waals surface area contributed by atoms with Crippen LogP contribution in [0.25, 0.3) is 0 Å².